The van der Waals surface area contributed by atoms with Gasteiger partial charge in [0.2, 0.25) is 5.91 Å². The molecule has 3 heteroatoms. The molecule has 3 N–H and O–H groups in total. The van der Waals surface area contributed by atoms with Gasteiger partial charge in [-0.3, -0.25) is 4.79 Å². The molecule has 14 heavy (non-hydrogen) atoms. The highest BCUT2D eigenvalue weighted by Gasteiger charge is 1.92. The van der Waals surface area contributed by atoms with Gasteiger partial charge < -0.3 is 11.1 Å². The molecule has 3 nitrogen and oxygen atoms in total. The summed E-state index contributed by atoms with van der Waals surface area (Å²) in [6, 6.07) is 0. The maximum atomic E-state index is 10.5. The second kappa shape index (κ2) is 10.5. The lowest BCUT2D eigenvalue weighted by Crippen LogP contribution is -2.20. The van der Waals surface area contributed by atoms with Crippen molar-refractivity contribution in [1.82, 2.24) is 5.32 Å². The van der Waals surface area contributed by atoms with Crippen LogP contribution >= 0.6 is 0 Å². The van der Waals surface area contributed by atoms with Crippen molar-refractivity contribution in [1.29, 1.82) is 0 Å². The molecule has 0 aromatic carbocycles. The Morgan fingerprint density at radius 3 is 2.00 bits per heavy atom. The van der Waals surface area contributed by atoms with Crippen LogP contribution in [-0.4, -0.2) is 19.0 Å². The van der Waals surface area contributed by atoms with E-state index < -0.39 is 0 Å². The van der Waals surface area contributed by atoms with Crippen molar-refractivity contribution in [3.63, 3.8) is 0 Å². The van der Waals surface area contributed by atoms with Crippen molar-refractivity contribution in [3.8, 4) is 0 Å². The quantitative estimate of drug-likeness (QED) is 0.558. The monoisotopic (exact) mass is 200 g/mol. The van der Waals surface area contributed by atoms with E-state index in [-0.39, 0.29) is 5.91 Å². The zero-order chi connectivity index (χ0) is 10.6. The van der Waals surface area contributed by atoms with Crippen molar-refractivity contribution in [2.75, 3.05) is 13.1 Å². The van der Waals surface area contributed by atoms with Gasteiger partial charge >= 0.3 is 0 Å². The minimum Gasteiger partial charge on any atom is -0.356 e. The van der Waals surface area contributed by atoms with Crippen LogP contribution in [0.5, 0.6) is 0 Å². The summed E-state index contributed by atoms with van der Waals surface area (Å²) in [6.07, 6.45) is 8.65. The Morgan fingerprint density at radius 2 is 1.50 bits per heavy atom. The van der Waals surface area contributed by atoms with Crippen molar-refractivity contribution in [3.05, 3.63) is 0 Å². The van der Waals surface area contributed by atoms with Crippen LogP contribution < -0.4 is 11.1 Å². The molecule has 0 bridgehead atoms. The van der Waals surface area contributed by atoms with Crippen molar-refractivity contribution in [2.45, 2.75) is 51.9 Å². The summed E-state index contributed by atoms with van der Waals surface area (Å²) in [4.78, 5) is 10.5. The van der Waals surface area contributed by atoms with Gasteiger partial charge in [0, 0.05) is 13.5 Å². The molecule has 0 radical (unpaired) electrons. The zero-order valence-electron chi connectivity index (χ0n) is 9.35. The molecular formula is C11H24N2O. The Balaban J connectivity index is 2.88. The van der Waals surface area contributed by atoms with E-state index in [1.54, 1.807) is 6.92 Å². The standard InChI is InChI=1S/C11H24N2O/c1-11(14)13-10-8-6-4-2-3-5-7-9-12/h2-10,12H2,1H3,(H,13,14). The van der Waals surface area contributed by atoms with E-state index in [2.05, 4.69) is 5.32 Å². The molecule has 0 unspecified atom stereocenters. The summed E-state index contributed by atoms with van der Waals surface area (Å²) in [5.74, 6) is 0.0768. The largest absolute Gasteiger partial charge is 0.356 e. The number of hydrogen-bond donors (Lipinski definition) is 2. The van der Waals surface area contributed by atoms with Crippen LogP contribution in [0.15, 0.2) is 0 Å². The lowest BCUT2D eigenvalue weighted by atomic mass is 10.1. The van der Waals surface area contributed by atoms with Gasteiger partial charge in [-0.1, -0.05) is 32.1 Å². The van der Waals surface area contributed by atoms with Crippen LogP contribution in [0.3, 0.4) is 0 Å². The maximum absolute atomic E-state index is 10.5. The van der Waals surface area contributed by atoms with Crippen molar-refractivity contribution >= 4 is 5.91 Å². The molecule has 1 amide bonds. The van der Waals surface area contributed by atoms with Crippen molar-refractivity contribution in [2.24, 2.45) is 5.73 Å². The lowest BCUT2D eigenvalue weighted by Gasteiger charge is -2.02. The van der Waals surface area contributed by atoms with E-state index in [9.17, 15) is 4.79 Å². The Labute approximate surface area is 87.4 Å². The first-order valence-corrected chi connectivity index (χ1v) is 5.72. The first kappa shape index (κ1) is 13.4. The fourth-order valence-electron chi connectivity index (χ4n) is 1.42. The van der Waals surface area contributed by atoms with Crippen LogP contribution in [-0.2, 0) is 4.79 Å². The minimum absolute atomic E-state index is 0.0768. The number of nitrogens with two attached hydrogens (primary N) is 1. The number of rotatable bonds is 9. The molecule has 0 rings (SSSR count). The van der Waals surface area contributed by atoms with Crippen LogP contribution in [0.1, 0.15) is 51.9 Å². The number of carbonyl (C=O) groups is 1. The van der Waals surface area contributed by atoms with E-state index in [0.717, 1.165) is 25.9 Å². The first-order valence-electron chi connectivity index (χ1n) is 5.72. The molecule has 84 valence electrons. The molecule has 0 saturated heterocycles. The summed E-state index contributed by atoms with van der Waals surface area (Å²) >= 11 is 0. The highest BCUT2D eigenvalue weighted by atomic mass is 16.1. The molecule has 0 aromatic heterocycles. The normalized spacial score (nSPS) is 10.1. The molecule has 0 aliphatic carbocycles. The molecular weight excluding hydrogens is 176 g/mol. The molecule has 0 aliphatic heterocycles. The topological polar surface area (TPSA) is 55.1 Å². The predicted octanol–water partition coefficient (Wildman–Crippen LogP) is 1.81. The molecule has 0 saturated carbocycles. The minimum atomic E-state index is 0.0768. The Kier molecular flexibility index (Phi) is 10.1. The van der Waals surface area contributed by atoms with Gasteiger partial charge in [-0.25, -0.2) is 0 Å². The van der Waals surface area contributed by atoms with Crippen LogP contribution in [0, 0.1) is 0 Å². The molecule has 0 heterocycles. The zero-order valence-corrected chi connectivity index (χ0v) is 9.35. The van der Waals surface area contributed by atoms with E-state index in [0.29, 0.717) is 0 Å². The molecule has 0 aliphatic rings. The molecule has 0 spiro atoms. The predicted molar refractivity (Wildman–Crippen MR) is 60.1 cm³/mol. The average molecular weight is 200 g/mol. The summed E-state index contributed by atoms with van der Waals surface area (Å²) in [5.41, 5.74) is 5.40. The van der Waals surface area contributed by atoms with Gasteiger partial charge in [-0.2, -0.15) is 0 Å². The first-order chi connectivity index (χ1) is 6.77. The fraction of sp³-hybridized carbons (Fsp3) is 0.909. The Bertz CT molecular complexity index is 137. The van der Waals surface area contributed by atoms with E-state index >= 15 is 0 Å². The second-order valence-electron chi connectivity index (χ2n) is 3.75. The van der Waals surface area contributed by atoms with Gasteiger partial charge in [0.05, 0.1) is 0 Å². The Morgan fingerprint density at radius 1 is 1.00 bits per heavy atom. The highest BCUT2D eigenvalue weighted by molar-refractivity contribution is 5.72. The summed E-state index contributed by atoms with van der Waals surface area (Å²) < 4.78 is 0. The molecule has 0 atom stereocenters. The highest BCUT2D eigenvalue weighted by Crippen LogP contribution is 2.05. The number of amides is 1. The third-order valence-electron chi connectivity index (χ3n) is 2.25. The van der Waals surface area contributed by atoms with E-state index in [4.69, 9.17) is 5.73 Å². The third kappa shape index (κ3) is 11.4. The third-order valence-corrected chi connectivity index (χ3v) is 2.25. The lowest BCUT2D eigenvalue weighted by molar-refractivity contribution is -0.118. The van der Waals surface area contributed by atoms with E-state index in [1.807, 2.05) is 0 Å². The Hall–Kier alpha value is -0.570. The number of nitrogens with one attached hydrogen (secondary N) is 1. The number of carbonyl (C=O) groups excluding carboxylic acids is 1. The average Bonchev–Trinajstić information content (AvgIpc) is 2.15. The van der Waals surface area contributed by atoms with Gasteiger partial charge in [-0.15, -0.1) is 0 Å². The summed E-state index contributed by atoms with van der Waals surface area (Å²) in [7, 11) is 0. The van der Waals surface area contributed by atoms with Crippen molar-refractivity contribution < 1.29 is 4.79 Å². The molecule has 0 fully saturated rings. The molecule has 0 aromatic rings. The second-order valence-corrected chi connectivity index (χ2v) is 3.75. The number of unbranched alkanes of at least 4 members (excludes halogenated alkanes) is 6. The van der Waals surface area contributed by atoms with Gasteiger partial charge in [-0.05, 0) is 19.4 Å². The van der Waals surface area contributed by atoms with Crippen LogP contribution in [0.25, 0.3) is 0 Å². The SMILES string of the molecule is CC(=O)NCCCCCCCCCN. The van der Waals surface area contributed by atoms with Crippen LogP contribution in [0.4, 0.5) is 0 Å². The summed E-state index contributed by atoms with van der Waals surface area (Å²) in [5, 5.41) is 2.80. The smallest absolute Gasteiger partial charge is 0.216 e. The maximum Gasteiger partial charge on any atom is 0.216 e. The fourth-order valence-corrected chi connectivity index (χ4v) is 1.42. The van der Waals surface area contributed by atoms with E-state index in [1.165, 1.54) is 32.1 Å². The van der Waals surface area contributed by atoms with Crippen LogP contribution in [0.2, 0.25) is 0 Å². The van der Waals surface area contributed by atoms with Gasteiger partial charge in [0.25, 0.3) is 0 Å². The summed E-state index contributed by atoms with van der Waals surface area (Å²) in [6.45, 7) is 3.22. The van der Waals surface area contributed by atoms with Gasteiger partial charge in [0.1, 0.15) is 0 Å². The van der Waals surface area contributed by atoms with Gasteiger partial charge in [0.15, 0.2) is 0 Å². The number of hydrogen-bond acceptors (Lipinski definition) is 2.